The molecule has 0 bridgehead atoms. The molecule has 0 saturated carbocycles. The zero-order valence-corrected chi connectivity index (χ0v) is 9.37. The fourth-order valence-corrected chi connectivity index (χ4v) is 1.29. The van der Waals surface area contributed by atoms with Gasteiger partial charge in [-0.3, -0.25) is 0 Å². The van der Waals surface area contributed by atoms with Crippen LogP contribution in [0.5, 0.6) is 0 Å². The van der Waals surface area contributed by atoms with Crippen molar-refractivity contribution in [2.24, 2.45) is 0 Å². The summed E-state index contributed by atoms with van der Waals surface area (Å²) in [6.45, 7) is 0. The molecule has 0 saturated heterocycles. The molecule has 8 heteroatoms. The Kier molecular flexibility index (Phi) is 3.02. The van der Waals surface area contributed by atoms with Gasteiger partial charge >= 0.3 is 0 Å². The molecule has 0 amide bonds. The van der Waals surface area contributed by atoms with Crippen LogP contribution in [0.25, 0.3) is 0 Å². The van der Waals surface area contributed by atoms with Gasteiger partial charge in [-0.15, -0.1) is 20.4 Å². The lowest BCUT2D eigenvalue weighted by atomic mass is 10.3. The van der Waals surface area contributed by atoms with Gasteiger partial charge < -0.3 is 11.1 Å². The van der Waals surface area contributed by atoms with E-state index < -0.39 is 0 Å². The minimum atomic E-state index is 0.0136. The normalized spacial score (nSPS) is 10.1. The van der Waals surface area contributed by atoms with Crippen LogP contribution in [0.2, 0.25) is 10.0 Å². The van der Waals surface area contributed by atoms with Gasteiger partial charge in [0.05, 0.1) is 10.0 Å². The van der Waals surface area contributed by atoms with E-state index in [1.54, 1.807) is 18.2 Å². The maximum Gasteiger partial charge on any atom is 0.266 e. The highest BCUT2D eigenvalue weighted by Crippen LogP contribution is 2.25. The van der Waals surface area contributed by atoms with Crippen molar-refractivity contribution >= 4 is 40.8 Å². The van der Waals surface area contributed by atoms with Crippen molar-refractivity contribution in [3.63, 3.8) is 0 Å². The lowest BCUT2D eigenvalue weighted by Crippen LogP contribution is -2.04. The smallest absolute Gasteiger partial charge is 0.266 e. The van der Waals surface area contributed by atoms with Crippen molar-refractivity contribution in [3.8, 4) is 0 Å². The summed E-state index contributed by atoms with van der Waals surface area (Å²) in [5.74, 6) is 0.243. The van der Waals surface area contributed by atoms with Crippen LogP contribution in [0.3, 0.4) is 0 Å². The molecule has 16 heavy (non-hydrogen) atoms. The van der Waals surface area contributed by atoms with E-state index in [4.69, 9.17) is 28.9 Å². The van der Waals surface area contributed by atoms with Crippen molar-refractivity contribution in [1.29, 1.82) is 0 Å². The first kappa shape index (κ1) is 10.8. The van der Waals surface area contributed by atoms with Crippen molar-refractivity contribution in [2.45, 2.75) is 0 Å². The molecular weight excluding hydrogens is 251 g/mol. The van der Waals surface area contributed by atoms with Gasteiger partial charge in [-0.05, 0) is 18.2 Å². The highest BCUT2D eigenvalue weighted by molar-refractivity contribution is 6.42. The topological polar surface area (TPSA) is 89.6 Å². The fraction of sp³-hybridized carbons (Fsp3) is 0. The number of nitrogens with one attached hydrogen (secondary N) is 1. The maximum absolute atomic E-state index is 5.84. The second-order valence-corrected chi connectivity index (χ2v) is 3.65. The lowest BCUT2D eigenvalue weighted by molar-refractivity contribution is 0.881. The standard InChI is InChI=1S/C8H6Cl2N6/c9-5-2-1-4(3-6(5)10)12-8-15-13-7(11)14-16-8/h1-3H,(H2,11,13,14)(H,12,15,16). The quantitative estimate of drug-likeness (QED) is 0.853. The van der Waals surface area contributed by atoms with Gasteiger partial charge in [0.1, 0.15) is 0 Å². The SMILES string of the molecule is Nc1nnc(Nc2ccc(Cl)c(Cl)c2)nn1. The lowest BCUT2D eigenvalue weighted by Gasteiger charge is -2.04. The number of hydrogen-bond acceptors (Lipinski definition) is 6. The summed E-state index contributed by atoms with van der Waals surface area (Å²) in [6, 6.07) is 5.03. The molecule has 1 heterocycles. The molecule has 1 aromatic carbocycles. The number of aromatic nitrogens is 4. The first-order valence-corrected chi connectivity index (χ1v) is 4.96. The van der Waals surface area contributed by atoms with E-state index in [-0.39, 0.29) is 11.9 Å². The highest BCUT2D eigenvalue weighted by atomic mass is 35.5. The molecule has 6 nitrogen and oxygen atoms in total. The molecule has 0 aliphatic rings. The van der Waals surface area contributed by atoms with Gasteiger partial charge in [-0.1, -0.05) is 23.2 Å². The van der Waals surface area contributed by atoms with Gasteiger partial charge in [0.25, 0.3) is 11.9 Å². The average molecular weight is 257 g/mol. The average Bonchev–Trinajstić information content (AvgIpc) is 2.27. The van der Waals surface area contributed by atoms with Crippen LogP contribution in [0.1, 0.15) is 0 Å². The number of benzene rings is 1. The first-order chi connectivity index (χ1) is 7.65. The number of nitrogen functional groups attached to an aromatic ring is 1. The molecule has 0 radical (unpaired) electrons. The van der Waals surface area contributed by atoms with E-state index in [0.29, 0.717) is 15.7 Å². The molecule has 0 atom stereocenters. The van der Waals surface area contributed by atoms with Crippen molar-refractivity contribution < 1.29 is 0 Å². The monoisotopic (exact) mass is 256 g/mol. The van der Waals surface area contributed by atoms with Crippen LogP contribution >= 0.6 is 23.2 Å². The van der Waals surface area contributed by atoms with E-state index in [1.807, 2.05) is 0 Å². The predicted molar refractivity (Wildman–Crippen MR) is 61.8 cm³/mol. The second kappa shape index (κ2) is 4.46. The van der Waals surface area contributed by atoms with Crippen LogP contribution in [0, 0.1) is 0 Å². The Morgan fingerprint density at radius 2 is 1.69 bits per heavy atom. The van der Waals surface area contributed by atoms with Crippen molar-refractivity contribution in [3.05, 3.63) is 28.2 Å². The third-order valence-corrected chi connectivity index (χ3v) is 2.41. The van der Waals surface area contributed by atoms with Crippen LogP contribution in [0.4, 0.5) is 17.6 Å². The summed E-state index contributed by atoms with van der Waals surface area (Å²) in [5.41, 5.74) is 5.93. The molecular formula is C8H6Cl2N6. The minimum absolute atomic E-state index is 0.0136. The van der Waals surface area contributed by atoms with Gasteiger partial charge in [-0.2, -0.15) is 0 Å². The van der Waals surface area contributed by atoms with Gasteiger partial charge in [-0.25, -0.2) is 0 Å². The van der Waals surface area contributed by atoms with Crippen LogP contribution in [-0.4, -0.2) is 20.4 Å². The van der Waals surface area contributed by atoms with Crippen LogP contribution < -0.4 is 11.1 Å². The number of hydrogen-bond donors (Lipinski definition) is 2. The van der Waals surface area contributed by atoms with Crippen molar-refractivity contribution in [2.75, 3.05) is 11.1 Å². The number of nitrogens with zero attached hydrogens (tertiary/aromatic N) is 4. The zero-order chi connectivity index (χ0) is 11.5. The van der Waals surface area contributed by atoms with Gasteiger partial charge in [0, 0.05) is 5.69 Å². The highest BCUT2D eigenvalue weighted by Gasteiger charge is 2.02. The summed E-state index contributed by atoms with van der Waals surface area (Å²) in [7, 11) is 0. The molecule has 1 aromatic heterocycles. The summed E-state index contributed by atoms with van der Waals surface area (Å²) in [6.07, 6.45) is 0. The van der Waals surface area contributed by atoms with E-state index in [9.17, 15) is 0 Å². The Morgan fingerprint density at radius 3 is 2.31 bits per heavy atom. The Balaban J connectivity index is 2.20. The molecule has 0 aliphatic carbocycles. The van der Waals surface area contributed by atoms with E-state index in [0.717, 1.165) is 0 Å². The Bertz CT molecular complexity index is 500. The predicted octanol–water partition coefficient (Wildman–Crippen LogP) is 1.90. The fourth-order valence-electron chi connectivity index (χ4n) is 0.990. The molecule has 0 spiro atoms. The maximum atomic E-state index is 5.84. The summed E-state index contributed by atoms with van der Waals surface area (Å²) >= 11 is 11.6. The molecule has 3 N–H and O–H groups in total. The summed E-state index contributed by atoms with van der Waals surface area (Å²) in [5, 5.41) is 18.2. The summed E-state index contributed by atoms with van der Waals surface area (Å²) in [4.78, 5) is 0. The van der Waals surface area contributed by atoms with Crippen LogP contribution in [-0.2, 0) is 0 Å². The Hall–Kier alpha value is -1.66. The number of halogens is 2. The molecule has 82 valence electrons. The molecule has 0 unspecified atom stereocenters. The van der Waals surface area contributed by atoms with Gasteiger partial charge in [0.2, 0.25) is 0 Å². The van der Waals surface area contributed by atoms with Crippen molar-refractivity contribution in [1.82, 2.24) is 20.4 Å². The molecule has 0 aliphatic heterocycles. The largest absolute Gasteiger partial charge is 0.365 e. The Labute approximate surface area is 101 Å². The summed E-state index contributed by atoms with van der Waals surface area (Å²) < 4.78 is 0. The van der Waals surface area contributed by atoms with E-state index >= 15 is 0 Å². The zero-order valence-electron chi connectivity index (χ0n) is 7.85. The minimum Gasteiger partial charge on any atom is -0.365 e. The Morgan fingerprint density at radius 1 is 1.00 bits per heavy atom. The van der Waals surface area contributed by atoms with Crippen LogP contribution in [0.15, 0.2) is 18.2 Å². The number of rotatable bonds is 2. The third-order valence-electron chi connectivity index (χ3n) is 1.67. The van der Waals surface area contributed by atoms with E-state index in [1.165, 1.54) is 0 Å². The second-order valence-electron chi connectivity index (χ2n) is 2.84. The van der Waals surface area contributed by atoms with Gasteiger partial charge in [0.15, 0.2) is 0 Å². The number of nitrogens with two attached hydrogens (primary N) is 1. The molecule has 2 rings (SSSR count). The molecule has 2 aromatic rings. The number of anilines is 3. The third kappa shape index (κ3) is 2.47. The molecule has 0 fully saturated rings. The van der Waals surface area contributed by atoms with E-state index in [2.05, 4.69) is 25.7 Å². The first-order valence-electron chi connectivity index (χ1n) is 4.20.